The third-order valence-electron chi connectivity index (χ3n) is 3.82. The molecular weight excluding hydrogens is 276 g/mol. The molecule has 0 radical (unpaired) electrons. The minimum absolute atomic E-state index is 0.437. The number of nitrogens with zero attached hydrogens (tertiary/aromatic N) is 5. The van der Waals surface area contributed by atoms with Gasteiger partial charge in [0.15, 0.2) is 0 Å². The molecule has 1 fully saturated rings. The number of hydrogen-bond acceptors (Lipinski definition) is 6. The zero-order valence-corrected chi connectivity index (χ0v) is 13.1. The lowest BCUT2D eigenvalue weighted by Crippen LogP contribution is -2.26. The van der Waals surface area contributed by atoms with E-state index in [2.05, 4.69) is 37.3 Å². The molecule has 0 saturated carbocycles. The molecule has 3 rings (SSSR count). The third-order valence-corrected chi connectivity index (χ3v) is 3.82. The van der Waals surface area contributed by atoms with E-state index < -0.39 is 0 Å². The minimum atomic E-state index is 0.437. The van der Waals surface area contributed by atoms with E-state index in [0.29, 0.717) is 6.04 Å². The van der Waals surface area contributed by atoms with Crippen molar-refractivity contribution in [3.63, 3.8) is 0 Å². The Hall–Kier alpha value is -2.21. The predicted octanol–water partition coefficient (Wildman–Crippen LogP) is 1.62. The van der Waals surface area contributed by atoms with Gasteiger partial charge in [0.2, 0.25) is 5.95 Å². The van der Waals surface area contributed by atoms with Gasteiger partial charge < -0.3 is 10.2 Å². The van der Waals surface area contributed by atoms with Gasteiger partial charge in [-0.05, 0) is 30.2 Å². The standard InChI is InChI=1S/C16H22N6/c1-21(2)16-18-9-5-15(20-16)19-14-6-10-22(12-14)11-13-3-7-17-8-4-13/h3-5,7-9,14H,6,10-12H2,1-2H3,(H,18,19,20). The van der Waals surface area contributed by atoms with Crippen molar-refractivity contribution in [1.82, 2.24) is 19.9 Å². The normalized spacial score (nSPS) is 18.4. The largest absolute Gasteiger partial charge is 0.366 e. The van der Waals surface area contributed by atoms with Crippen molar-refractivity contribution >= 4 is 11.8 Å². The molecule has 0 amide bonds. The fourth-order valence-electron chi connectivity index (χ4n) is 2.69. The molecule has 0 spiro atoms. The van der Waals surface area contributed by atoms with Crippen LogP contribution in [-0.2, 0) is 6.54 Å². The Morgan fingerprint density at radius 2 is 2.05 bits per heavy atom. The first-order valence-electron chi connectivity index (χ1n) is 7.59. The van der Waals surface area contributed by atoms with Crippen LogP contribution in [0.4, 0.5) is 11.8 Å². The van der Waals surface area contributed by atoms with Gasteiger partial charge >= 0.3 is 0 Å². The highest BCUT2D eigenvalue weighted by Gasteiger charge is 2.22. The van der Waals surface area contributed by atoms with Gasteiger partial charge in [-0.15, -0.1) is 0 Å². The van der Waals surface area contributed by atoms with E-state index in [1.807, 2.05) is 37.5 Å². The number of anilines is 2. The molecule has 0 aliphatic carbocycles. The molecule has 1 aliphatic rings. The minimum Gasteiger partial charge on any atom is -0.366 e. The van der Waals surface area contributed by atoms with Gasteiger partial charge in [0.1, 0.15) is 5.82 Å². The average molecular weight is 298 g/mol. The Balaban J connectivity index is 1.56. The van der Waals surface area contributed by atoms with Crippen LogP contribution in [-0.4, -0.2) is 53.1 Å². The topological polar surface area (TPSA) is 57.2 Å². The summed E-state index contributed by atoms with van der Waals surface area (Å²) in [5, 5.41) is 3.52. The fourth-order valence-corrected chi connectivity index (χ4v) is 2.69. The fraction of sp³-hybridized carbons (Fsp3) is 0.438. The van der Waals surface area contributed by atoms with Crippen LogP contribution in [0.25, 0.3) is 0 Å². The van der Waals surface area contributed by atoms with E-state index in [4.69, 9.17) is 0 Å². The number of likely N-dealkylation sites (tertiary alicyclic amines) is 1. The maximum atomic E-state index is 4.52. The molecule has 1 saturated heterocycles. The zero-order chi connectivity index (χ0) is 15.4. The summed E-state index contributed by atoms with van der Waals surface area (Å²) in [6, 6.07) is 6.52. The quantitative estimate of drug-likeness (QED) is 0.905. The van der Waals surface area contributed by atoms with Crippen molar-refractivity contribution in [1.29, 1.82) is 0 Å². The van der Waals surface area contributed by atoms with Crippen LogP contribution < -0.4 is 10.2 Å². The van der Waals surface area contributed by atoms with Crippen LogP contribution in [0.1, 0.15) is 12.0 Å². The van der Waals surface area contributed by atoms with Crippen LogP contribution in [0.3, 0.4) is 0 Å². The lowest BCUT2D eigenvalue weighted by Gasteiger charge is -2.17. The lowest BCUT2D eigenvalue weighted by atomic mass is 10.2. The number of hydrogen-bond donors (Lipinski definition) is 1. The van der Waals surface area contributed by atoms with Gasteiger partial charge in [-0.1, -0.05) is 0 Å². The van der Waals surface area contributed by atoms with Crippen molar-refractivity contribution in [2.45, 2.75) is 19.0 Å². The average Bonchev–Trinajstić information content (AvgIpc) is 2.95. The molecule has 1 aliphatic heterocycles. The molecule has 3 heterocycles. The highest BCUT2D eigenvalue weighted by atomic mass is 15.2. The Bertz CT molecular complexity index is 601. The van der Waals surface area contributed by atoms with Crippen LogP contribution >= 0.6 is 0 Å². The van der Waals surface area contributed by atoms with E-state index >= 15 is 0 Å². The molecule has 2 aromatic rings. The van der Waals surface area contributed by atoms with Crippen molar-refractivity contribution in [2.24, 2.45) is 0 Å². The van der Waals surface area contributed by atoms with Crippen LogP contribution in [0.2, 0.25) is 0 Å². The van der Waals surface area contributed by atoms with E-state index in [0.717, 1.165) is 37.8 Å². The number of nitrogens with one attached hydrogen (secondary N) is 1. The molecule has 1 atom stereocenters. The molecule has 2 aromatic heterocycles. The summed E-state index contributed by atoms with van der Waals surface area (Å²) in [6.45, 7) is 3.11. The molecule has 116 valence electrons. The van der Waals surface area contributed by atoms with E-state index in [-0.39, 0.29) is 0 Å². The maximum Gasteiger partial charge on any atom is 0.226 e. The SMILES string of the molecule is CN(C)c1nccc(NC2CCN(Cc3ccncc3)C2)n1. The predicted molar refractivity (Wildman–Crippen MR) is 87.9 cm³/mol. The summed E-state index contributed by atoms with van der Waals surface area (Å²) in [6.07, 6.45) is 6.64. The lowest BCUT2D eigenvalue weighted by molar-refractivity contribution is 0.328. The van der Waals surface area contributed by atoms with Crippen LogP contribution in [0, 0.1) is 0 Å². The Kier molecular flexibility index (Phi) is 4.48. The first kappa shape index (κ1) is 14.7. The number of pyridine rings is 1. The summed E-state index contributed by atoms with van der Waals surface area (Å²) in [7, 11) is 3.90. The summed E-state index contributed by atoms with van der Waals surface area (Å²) < 4.78 is 0. The molecule has 6 heteroatoms. The maximum absolute atomic E-state index is 4.52. The van der Waals surface area contributed by atoms with Gasteiger partial charge in [0, 0.05) is 58.4 Å². The molecule has 6 nitrogen and oxygen atoms in total. The monoisotopic (exact) mass is 298 g/mol. The summed E-state index contributed by atoms with van der Waals surface area (Å²) in [5.41, 5.74) is 1.31. The zero-order valence-electron chi connectivity index (χ0n) is 13.1. The summed E-state index contributed by atoms with van der Waals surface area (Å²) in [4.78, 5) is 17.2. The molecule has 0 bridgehead atoms. The summed E-state index contributed by atoms with van der Waals surface area (Å²) >= 11 is 0. The van der Waals surface area contributed by atoms with Gasteiger partial charge in [-0.25, -0.2) is 4.98 Å². The summed E-state index contributed by atoms with van der Waals surface area (Å²) in [5.74, 6) is 1.63. The second-order valence-corrected chi connectivity index (χ2v) is 5.86. The van der Waals surface area contributed by atoms with Crippen molar-refractivity contribution in [3.05, 3.63) is 42.4 Å². The first-order chi connectivity index (χ1) is 10.7. The molecule has 22 heavy (non-hydrogen) atoms. The van der Waals surface area contributed by atoms with Crippen LogP contribution in [0.15, 0.2) is 36.8 Å². The van der Waals surface area contributed by atoms with Gasteiger partial charge in [-0.2, -0.15) is 4.98 Å². The van der Waals surface area contributed by atoms with E-state index in [1.54, 1.807) is 6.20 Å². The smallest absolute Gasteiger partial charge is 0.226 e. The Labute approximate surface area is 131 Å². The van der Waals surface area contributed by atoms with Crippen LogP contribution in [0.5, 0.6) is 0 Å². The van der Waals surface area contributed by atoms with Crippen molar-refractivity contribution in [3.8, 4) is 0 Å². The second kappa shape index (κ2) is 6.70. The van der Waals surface area contributed by atoms with Gasteiger partial charge in [-0.3, -0.25) is 9.88 Å². The molecule has 1 unspecified atom stereocenters. The Morgan fingerprint density at radius 1 is 1.23 bits per heavy atom. The van der Waals surface area contributed by atoms with Gasteiger partial charge in [0.05, 0.1) is 0 Å². The first-order valence-corrected chi connectivity index (χ1v) is 7.59. The number of rotatable bonds is 5. The number of aromatic nitrogens is 3. The van der Waals surface area contributed by atoms with Gasteiger partial charge in [0.25, 0.3) is 0 Å². The highest BCUT2D eigenvalue weighted by molar-refractivity contribution is 5.41. The van der Waals surface area contributed by atoms with Crippen molar-refractivity contribution in [2.75, 3.05) is 37.4 Å². The molecule has 1 N–H and O–H groups in total. The second-order valence-electron chi connectivity index (χ2n) is 5.86. The molecular formula is C16H22N6. The highest BCUT2D eigenvalue weighted by Crippen LogP contribution is 2.17. The Morgan fingerprint density at radius 3 is 2.82 bits per heavy atom. The van der Waals surface area contributed by atoms with Crippen molar-refractivity contribution < 1.29 is 0 Å². The third kappa shape index (κ3) is 3.71. The van der Waals surface area contributed by atoms with E-state index in [1.165, 1.54) is 5.56 Å². The van der Waals surface area contributed by atoms with E-state index in [9.17, 15) is 0 Å². The molecule has 0 aromatic carbocycles.